The number of nitrogens with one attached hydrogen (secondary N) is 1. The molecule has 1 aromatic heterocycles. The van der Waals surface area contributed by atoms with Gasteiger partial charge in [0.25, 0.3) is 0 Å². The summed E-state index contributed by atoms with van der Waals surface area (Å²) in [4.78, 5) is 4.68. The van der Waals surface area contributed by atoms with E-state index in [0.29, 0.717) is 23.7 Å². The van der Waals surface area contributed by atoms with Gasteiger partial charge in [0.05, 0.1) is 32.4 Å². The third-order valence-electron chi connectivity index (χ3n) is 5.30. The molecule has 1 unspecified atom stereocenters. The van der Waals surface area contributed by atoms with Crippen LogP contribution in [0.3, 0.4) is 0 Å². The van der Waals surface area contributed by atoms with Gasteiger partial charge >= 0.3 is 6.01 Å². The van der Waals surface area contributed by atoms with Gasteiger partial charge in [0.1, 0.15) is 11.6 Å². The van der Waals surface area contributed by atoms with Gasteiger partial charge in [-0.3, -0.25) is 4.57 Å². The van der Waals surface area contributed by atoms with Crippen molar-refractivity contribution < 1.29 is 17.5 Å². The van der Waals surface area contributed by atoms with Crippen LogP contribution >= 0.6 is 23.2 Å². The molecule has 1 heterocycles. The van der Waals surface area contributed by atoms with E-state index in [1.807, 2.05) is 37.3 Å². The van der Waals surface area contributed by atoms with Crippen molar-refractivity contribution in [1.82, 2.24) is 14.3 Å². The van der Waals surface area contributed by atoms with Crippen molar-refractivity contribution >= 4 is 33.2 Å². The van der Waals surface area contributed by atoms with Crippen LogP contribution in [-0.4, -0.2) is 18.0 Å². The molecule has 1 atom stereocenters. The summed E-state index contributed by atoms with van der Waals surface area (Å²) in [5, 5.41) is 0.400. The van der Waals surface area contributed by atoms with Crippen molar-refractivity contribution in [2.45, 2.75) is 31.3 Å². The molecule has 182 valence electrons. The number of hydrogen-bond acceptors (Lipinski definition) is 4. The minimum Gasteiger partial charge on any atom is -0.425 e. The molecule has 6 nitrogen and oxygen atoms in total. The van der Waals surface area contributed by atoms with Gasteiger partial charge in [-0.15, -0.1) is 0 Å². The Morgan fingerprint density at radius 2 is 1.71 bits per heavy atom. The number of rotatable bonds is 8. The molecule has 0 amide bonds. The second kappa shape index (κ2) is 10.4. The van der Waals surface area contributed by atoms with Crippen molar-refractivity contribution in [1.29, 1.82) is 0 Å². The molecule has 4 rings (SSSR count). The van der Waals surface area contributed by atoms with E-state index >= 15 is 0 Å². The fraction of sp³-hybridized carbons (Fsp3) is 0.160. The molecule has 3 aromatic carbocycles. The maximum atomic E-state index is 13.4. The lowest BCUT2D eigenvalue weighted by Crippen LogP contribution is -2.28. The van der Waals surface area contributed by atoms with E-state index in [4.69, 9.17) is 32.9 Å². The molecule has 0 spiro atoms. The highest BCUT2D eigenvalue weighted by Gasteiger charge is 2.27. The zero-order valence-corrected chi connectivity index (χ0v) is 21.2. The number of hydrogen-bond donors (Lipinski definition) is 1. The molecule has 0 bridgehead atoms. The molecular formula is C25H22Cl2FN3O3S. The van der Waals surface area contributed by atoms with Crippen LogP contribution in [-0.2, 0) is 16.6 Å². The van der Waals surface area contributed by atoms with Crippen LogP contribution in [0.5, 0.6) is 11.8 Å². The smallest absolute Gasteiger partial charge is 0.302 e. The van der Waals surface area contributed by atoms with Crippen LogP contribution in [0.1, 0.15) is 25.6 Å². The van der Waals surface area contributed by atoms with E-state index in [9.17, 15) is 12.8 Å². The fourth-order valence-corrected chi connectivity index (χ4v) is 5.28. The Balaban J connectivity index is 1.77. The molecule has 0 radical (unpaired) electrons. The summed E-state index contributed by atoms with van der Waals surface area (Å²) in [6, 6.07) is 18.7. The lowest BCUT2D eigenvalue weighted by Gasteiger charge is -2.18. The van der Waals surface area contributed by atoms with Crippen molar-refractivity contribution in [3.05, 3.63) is 94.4 Å². The third-order valence-corrected chi connectivity index (χ3v) is 7.58. The van der Waals surface area contributed by atoms with Crippen molar-refractivity contribution in [3.63, 3.8) is 0 Å². The number of imidazole rings is 1. The van der Waals surface area contributed by atoms with Crippen molar-refractivity contribution in [2.24, 2.45) is 0 Å². The number of ether oxygens (including phenoxy) is 1. The van der Waals surface area contributed by atoms with Gasteiger partial charge in [0, 0.05) is 12.1 Å². The largest absolute Gasteiger partial charge is 0.425 e. The summed E-state index contributed by atoms with van der Waals surface area (Å²) >= 11 is 12.0. The molecule has 0 saturated carbocycles. The highest BCUT2D eigenvalue weighted by Crippen LogP contribution is 2.35. The standard InChI is InChI=1S/C25H22Cl2FN3O3S/c1-3-31-24(16(2)30-35(32,33)20-13-14-21(26)22(27)15-20)23(17-7-5-4-6-8-17)29-25(31)34-19-11-9-18(28)10-12-19/h4-16,30H,3H2,1-2H3. The SMILES string of the molecule is CCn1c(Oc2ccc(F)cc2)nc(-c2ccccc2)c1C(C)NS(=O)(=O)c1ccc(Cl)c(Cl)c1. The zero-order valence-electron chi connectivity index (χ0n) is 18.9. The number of halogens is 3. The van der Waals surface area contributed by atoms with Crippen LogP contribution in [0.15, 0.2) is 77.7 Å². The number of benzene rings is 3. The third kappa shape index (κ3) is 5.51. The number of sulfonamides is 1. The van der Waals surface area contributed by atoms with Gasteiger partial charge in [0.15, 0.2) is 0 Å². The Morgan fingerprint density at radius 3 is 2.34 bits per heavy atom. The second-order valence-electron chi connectivity index (χ2n) is 7.71. The average molecular weight is 534 g/mol. The lowest BCUT2D eigenvalue weighted by atomic mass is 10.1. The van der Waals surface area contributed by atoms with Crippen LogP contribution < -0.4 is 9.46 Å². The Kier molecular flexibility index (Phi) is 7.47. The predicted molar refractivity (Wildman–Crippen MR) is 135 cm³/mol. The molecule has 4 aromatic rings. The van der Waals surface area contributed by atoms with E-state index in [1.165, 1.54) is 42.5 Å². The number of nitrogens with zero attached hydrogens (tertiary/aromatic N) is 2. The maximum Gasteiger partial charge on any atom is 0.302 e. The molecule has 35 heavy (non-hydrogen) atoms. The highest BCUT2D eigenvalue weighted by atomic mass is 35.5. The van der Waals surface area contributed by atoms with E-state index in [0.717, 1.165) is 5.56 Å². The quantitative estimate of drug-likeness (QED) is 0.269. The molecule has 10 heteroatoms. The molecule has 0 saturated heterocycles. The van der Waals surface area contributed by atoms with Gasteiger partial charge in [-0.05, 0) is 56.3 Å². The van der Waals surface area contributed by atoms with E-state index in [2.05, 4.69) is 4.72 Å². The lowest BCUT2D eigenvalue weighted by molar-refractivity contribution is 0.407. The Labute approximate surface area is 213 Å². The first-order valence-corrected chi connectivity index (χ1v) is 13.0. The molecule has 0 aliphatic carbocycles. The Hall–Kier alpha value is -2.91. The molecule has 0 fully saturated rings. The van der Waals surface area contributed by atoms with Crippen LogP contribution in [0.4, 0.5) is 4.39 Å². The summed E-state index contributed by atoms with van der Waals surface area (Å²) in [7, 11) is -3.94. The summed E-state index contributed by atoms with van der Waals surface area (Å²) in [5.41, 5.74) is 1.97. The predicted octanol–water partition coefficient (Wildman–Crippen LogP) is 6.85. The van der Waals surface area contributed by atoms with Crippen LogP contribution in [0.2, 0.25) is 10.0 Å². The summed E-state index contributed by atoms with van der Waals surface area (Å²) in [6.45, 7) is 4.08. The molecular weight excluding hydrogens is 512 g/mol. The van der Waals surface area contributed by atoms with Gasteiger partial charge in [-0.1, -0.05) is 53.5 Å². The molecule has 0 aliphatic heterocycles. The minimum atomic E-state index is -3.94. The normalized spacial score (nSPS) is 12.5. The van der Waals surface area contributed by atoms with Gasteiger partial charge in [0.2, 0.25) is 10.0 Å². The first kappa shape index (κ1) is 25.2. The monoisotopic (exact) mass is 533 g/mol. The van der Waals surface area contributed by atoms with E-state index in [1.54, 1.807) is 11.5 Å². The first-order chi connectivity index (χ1) is 16.7. The summed E-state index contributed by atoms with van der Waals surface area (Å²) in [6.07, 6.45) is 0. The van der Waals surface area contributed by atoms with Crippen LogP contribution in [0, 0.1) is 5.82 Å². The Morgan fingerprint density at radius 1 is 1.03 bits per heavy atom. The fourth-order valence-electron chi connectivity index (χ4n) is 3.68. The highest BCUT2D eigenvalue weighted by molar-refractivity contribution is 7.89. The molecule has 1 N–H and O–H groups in total. The van der Waals surface area contributed by atoms with Gasteiger partial charge in [-0.25, -0.2) is 17.5 Å². The average Bonchev–Trinajstić information content (AvgIpc) is 3.21. The molecule has 0 aliphatic rings. The number of aromatic nitrogens is 2. The van der Waals surface area contributed by atoms with Crippen molar-refractivity contribution in [3.8, 4) is 23.0 Å². The summed E-state index contributed by atoms with van der Waals surface area (Å²) in [5.74, 6) is 0.0217. The van der Waals surface area contributed by atoms with Gasteiger partial charge < -0.3 is 4.74 Å². The first-order valence-electron chi connectivity index (χ1n) is 10.8. The van der Waals surface area contributed by atoms with E-state index < -0.39 is 16.1 Å². The van der Waals surface area contributed by atoms with Crippen LogP contribution in [0.25, 0.3) is 11.3 Å². The van der Waals surface area contributed by atoms with Crippen molar-refractivity contribution in [2.75, 3.05) is 0 Å². The Bertz CT molecular complexity index is 1440. The van der Waals surface area contributed by atoms with Gasteiger partial charge in [-0.2, -0.15) is 4.98 Å². The maximum absolute atomic E-state index is 13.4. The minimum absolute atomic E-state index is 0.00893. The van der Waals surface area contributed by atoms with E-state index in [-0.39, 0.29) is 26.8 Å². The topological polar surface area (TPSA) is 73.2 Å². The zero-order chi connectivity index (χ0) is 25.2. The second-order valence-corrected chi connectivity index (χ2v) is 10.2. The summed E-state index contributed by atoms with van der Waals surface area (Å²) < 4.78 is 50.1.